The summed E-state index contributed by atoms with van der Waals surface area (Å²) >= 11 is 0. The zero-order valence-electron chi connectivity index (χ0n) is 10.6. The summed E-state index contributed by atoms with van der Waals surface area (Å²) in [5.41, 5.74) is 0. The highest BCUT2D eigenvalue weighted by Crippen LogP contribution is 2.23. The molecule has 0 aromatic carbocycles. The van der Waals surface area contributed by atoms with Crippen molar-refractivity contribution in [2.75, 3.05) is 13.2 Å². The molecule has 0 amide bonds. The van der Waals surface area contributed by atoms with Crippen LogP contribution in [0.25, 0.3) is 0 Å². The quantitative estimate of drug-likeness (QED) is 0.704. The zero-order valence-corrected chi connectivity index (χ0v) is 10.6. The number of rotatable bonds is 9. The molecule has 1 fully saturated rings. The summed E-state index contributed by atoms with van der Waals surface area (Å²) in [5.74, 6) is -3.74. The molecule has 0 bridgehead atoms. The van der Waals surface area contributed by atoms with Gasteiger partial charge in [-0.3, -0.25) is 0 Å². The Kier molecular flexibility index (Phi) is 4.92. The third-order valence-corrected chi connectivity index (χ3v) is 2.70. The fraction of sp³-hybridized carbons (Fsp3) is 0.818. The molecule has 0 spiro atoms. The van der Waals surface area contributed by atoms with Gasteiger partial charge in [0.2, 0.25) is 5.89 Å². The number of aromatic nitrogens is 2. The molecule has 1 saturated carbocycles. The average molecular weight is 297 g/mol. The molecule has 0 atom stereocenters. The van der Waals surface area contributed by atoms with Crippen LogP contribution < -0.4 is 5.32 Å². The molecule has 1 heterocycles. The van der Waals surface area contributed by atoms with Crippen molar-refractivity contribution in [2.24, 2.45) is 0 Å². The van der Waals surface area contributed by atoms with Gasteiger partial charge < -0.3 is 14.6 Å². The van der Waals surface area contributed by atoms with E-state index in [-0.39, 0.29) is 12.4 Å². The largest absolute Gasteiger partial charge is 0.367 e. The van der Waals surface area contributed by atoms with Crippen LogP contribution in [-0.4, -0.2) is 41.7 Å². The topological polar surface area (TPSA) is 60.2 Å². The molecular formula is C11H15F4N3O2. The van der Waals surface area contributed by atoms with Crippen LogP contribution in [0.15, 0.2) is 4.52 Å². The molecule has 1 aromatic heterocycles. The van der Waals surface area contributed by atoms with E-state index < -0.39 is 19.0 Å². The number of hydrogen-bond acceptors (Lipinski definition) is 5. The maximum atomic E-state index is 12.6. The van der Waals surface area contributed by atoms with Gasteiger partial charge >= 0.3 is 12.3 Å². The van der Waals surface area contributed by atoms with Gasteiger partial charge in [0.1, 0.15) is 13.2 Å². The molecule has 1 aromatic rings. The molecule has 9 heteroatoms. The second-order valence-electron chi connectivity index (χ2n) is 4.64. The number of nitrogens with one attached hydrogen (secondary N) is 1. The Labute approximate surface area is 112 Å². The lowest BCUT2D eigenvalue weighted by Gasteiger charge is -2.14. The molecule has 114 valence electrons. The van der Waals surface area contributed by atoms with Crippen molar-refractivity contribution >= 4 is 0 Å². The van der Waals surface area contributed by atoms with Crippen molar-refractivity contribution in [3.05, 3.63) is 11.7 Å². The lowest BCUT2D eigenvalue weighted by molar-refractivity contribution is -0.168. The average Bonchev–Trinajstić information content (AvgIpc) is 3.09. The Balaban J connectivity index is 1.66. The van der Waals surface area contributed by atoms with Crippen molar-refractivity contribution < 1.29 is 26.8 Å². The SMILES string of the molecule is FC(F)C(F)(F)COCc1noc(CCNC2CC2)n1. The second-order valence-corrected chi connectivity index (χ2v) is 4.64. The summed E-state index contributed by atoms with van der Waals surface area (Å²) in [5, 5.41) is 6.77. The van der Waals surface area contributed by atoms with E-state index in [9.17, 15) is 17.6 Å². The van der Waals surface area contributed by atoms with Gasteiger partial charge in [0, 0.05) is 19.0 Å². The minimum Gasteiger partial charge on any atom is -0.367 e. The first-order valence-electron chi connectivity index (χ1n) is 6.26. The lowest BCUT2D eigenvalue weighted by Crippen LogP contribution is -2.32. The van der Waals surface area contributed by atoms with Crippen LogP contribution in [0.4, 0.5) is 17.6 Å². The van der Waals surface area contributed by atoms with Gasteiger partial charge in [0.05, 0.1) is 0 Å². The molecule has 0 radical (unpaired) electrons. The molecule has 5 nitrogen and oxygen atoms in total. The highest BCUT2D eigenvalue weighted by Gasteiger charge is 2.41. The first kappa shape index (κ1) is 15.2. The highest BCUT2D eigenvalue weighted by atomic mass is 19.3. The van der Waals surface area contributed by atoms with E-state index in [1.54, 1.807) is 0 Å². The summed E-state index contributed by atoms with van der Waals surface area (Å²) in [6.45, 7) is -1.07. The Morgan fingerprint density at radius 1 is 1.40 bits per heavy atom. The number of alkyl halides is 4. The Bertz CT molecular complexity index is 424. The Morgan fingerprint density at radius 3 is 2.80 bits per heavy atom. The molecule has 1 aliphatic rings. The molecule has 0 saturated heterocycles. The summed E-state index contributed by atoms with van der Waals surface area (Å²) in [7, 11) is 0. The standard InChI is InChI=1S/C11H15F4N3O2/c12-10(13)11(14,15)6-19-5-8-17-9(20-18-8)3-4-16-7-1-2-7/h7,10,16H,1-6H2. The Hall–Kier alpha value is -1.22. The maximum Gasteiger partial charge on any atom is 0.330 e. The fourth-order valence-corrected chi connectivity index (χ4v) is 1.46. The number of ether oxygens (including phenoxy) is 1. The molecular weight excluding hydrogens is 282 g/mol. The predicted molar refractivity (Wildman–Crippen MR) is 59.6 cm³/mol. The van der Waals surface area contributed by atoms with Crippen molar-refractivity contribution in [3.63, 3.8) is 0 Å². The second kappa shape index (κ2) is 6.49. The van der Waals surface area contributed by atoms with Crippen LogP contribution >= 0.6 is 0 Å². The van der Waals surface area contributed by atoms with E-state index in [0.717, 1.165) is 0 Å². The summed E-state index contributed by atoms with van der Waals surface area (Å²) in [6, 6.07) is 0.567. The van der Waals surface area contributed by atoms with Crippen molar-refractivity contribution in [1.82, 2.24) is 15.5 Å². The van der Waals surface area contributed by atoms with Gasteiger partial charge in [-0.2, -0.15) is 13.8 Å². The summed E-state index contributed by atoms with van der Waals surface area (Å²) in [6.07, 6.45) is -0.893. The van der Waals surface area contributed by atoms with Crippen LogP contribution in [0.2, 0.25) is 0 Å². The van der Waals surface area contributed by atoms with Crippen LogP contribution in [0, 0.1) is 0 Å². The van der Waals surface area contributed by atoms with E-state index in [4.69, 9.17) is 4.52 Å². The van der Waals surface area contributed by atoms with Gasteiger partial charge in [-0.25, -0.2) is 8.78 Å². The normalized spacial score (nSPS) is 16.1. The minimum atomic E-state index is -4.17. The van der Waals surface area contributed by atoms with Crippen molar-refractivity contribution in [3.8, 4) is 0 Å². The molecule has 2 rings (SSSR count). The molecule has 1 aliphatic carbocycles. The van der Waals surface area contributed by atoms with Gasteiger partial charge in [0.25, 0.3) is 0 Å². The third-order valence-electron chi connectivity index (χ3n) is 2.70. The predicted octanol–water partition coefficient (Wildman–Crippen LogP) is 1.78. The highest BCUT2D eigenvalue weighted by molar-refractivity contribution is 4.87. The number of hydrogen-bond donors (Lipinski definition) is 1. The minimum absolute atomic E-state index is 0.0662. The van der Waals surface area contributed by atoms with Crippen LogP contribution in [0.1, 0.15) is 24.6 Å². The van der Waals surface area contributed by atoms with Gasteiger partial charge in [-0.05, 0) is 12.8 Å². The molecule has 0 aliphatic heterocycles. The van der Waals surface area contributed by atoms with Crippen molar-refractivity contribution in [1.29, 1.82) is 0 Å². The van der Waals surface area contributed by atoms with E-state index in [2.05, 4.69) is 20.2 Å². The molecule has 20 heavy (non-hydrogen) atoms. The number of nitrogens with zero attached hydrogens (tertiary/aromatic N) is 2. The van der Waals surface area contributed by atoms with E-state index in [0.29, 0.717) is 24.9 Å². The monoisotopic (exact) mass is 297 g/mol. The number of halogens is 4. The summed E-state index contributed by atoms with van der Waals surface area (Å²) in [4.78, 5) is 3.92. The Morgan fingerprint density at radius 2 is 2.15 bits per heavy atom. The van der Waals surface area contributed by atoms with Gasteiger partial charge in [0.15, 0.2) is 5.82 Å². The van der Waals surface area contributed by atoms with Gasteiger partial charge in [-0.15, -0.1) is 0 Å². The lowest BCUT2D eigenvalue weighted by atomic mass is 10.4. The molecule has 0 unspecified atom stereocenters. The first-order valence-corrected chi connectivity index (χ1v) is 6.26. The van der Waals surface area contributed by atoms with Gasteiger partial charge in [-0.1, -0.05) is 5.16 Å². The first-order chi connectivity index (χ1) is 9.47. The van der Waals surface area contributed by atoms with E-state index >= 15 is 0 Å². The van der Waals surface area contributed by atoms with Crippen LogP contribution in [-0.2, 0) is 17.8 Å². The van der Waals surface area contributed by atoms with E-state index in [1.165, 1.54) is 12.8 Å². The zero-order chi connectivity index (χ0) is 14.6. The van der Waals surface area contributed by atoms with Crippen molar-refractivity contribution in [2.45, 2.75) is 44.3 Å². The van der Waals surface area contributed by atoms with Crippen LogP contribution in [0.5, 0.6) is 0 Å². The van der Waals surface area contributed by atoms with Crippen LogP contribution in [0.3, 0.4) is 0 Å². The van der Waals surface area contributed by atoms with E-state index in [1.807, 2.05) is 0 Å². The summed E-state index contributed by atoms with van der Waals surface area (Å²) < 4.78 is 58.2. The maximum absolute atomic E-state index is 12.6. The smallest absolute Gasteiger partial charge is 0.330 e. The molecule has 1 N–H and O–H groups in total. The fourth-order valence-electron chi connectivity index (χ4n) is 1.46. The third kappa shape index (κ3) is 4.71.